The number of amides is 4. The molecule has 0 aromatic heterocycles. The molecule has 0 aliphatic rings. The van der Waals surface area contributed by atoms with E-state index in [1.165, 1.54) is 0 Å². The summed E-state index contributed by atoms with van der Waals surface area (Å²) < 4.78 is 0. The summed E-state index contributed by atoms with van der Waals surface area (Å²) in [7, 11) is 0. The summed E-state index contributed by atoms with van der Waals surface area (Å²) in [4.78, 5) is 47.7. The van der Waals surface area contributed by atoms with Crippen LogP contribution in [0, 0.1) is 0 Å². The number of aliphatic hydroxyl groups excluding tert-OH is 3. The molecule has 0 radical (unpaired) electrons. The maximum Gasteiger partial charge on any atom is 1.00 e. The Morgan fingerprint density at radius 2 is 1.28 bits per heavy atom. The van der Waals surface area contributed by atoms with E-state index >= 15 is 0 Å². The van der Waals surface area contributed by atoms with Crippen molar-refractivity contribution < 1.29 is 92.7 Å². The van der Waals surface area contributed by atoms with Crippen LogP contribution in [-0.2, 0) is 19.2 Å². The fourth-order valence-electron chi connectivity index (χ4n) is 2.02. The molecule has 0 aromatic carbocycles. The van der Waals surface area contributed by atoms with Crippen molar-refractivity contribution in [3.8, 4) is 0 Å². The van der Waals surface area contributed by atoms with Crippen LogP contribution in [0.25, 0.3) is 5.73 Å². The Labute approximate surface area is 218 Å². The molecule has 162 valence electrons. The molecule has 0 aliphatic carbocycles. The summed E-state index contributed by atoms with van der Waals surface area (Å²) in [5, 5.41) is 37.0. The average Bonchev–Trinajstić information content (AvgIpc) is 2.68. The van der Waals surface area contributed by atoms with Crippen LogP contribution in [0.15, 0.2) is 0 Å². The molecule has 0 heterocycles. The number of rotatable bonds is 14. The smallest absolute Gasteiger partial charge is 0.677 e. The van der Waals surface area contributed by atoms with E-state index < -0.39 is 61.6 Å². The van der Waals surface area contributed by atoms with Gasteiger partial charge in [-0.25, -0.2) is 0 Å². The molecule has 12 nitrogen and oxygen atoms in total. The maximum atomic E-state index is 12.2. The van der Waals surface area contributed by atoms with E-state index in [9.17, 15) is 34.5 Å². The molecule has 0 bridgehead atoms. The minimum Gasteiger partial charge on any atom is -0.677 e. The van der Waals surface area contributed by atoms with Crippen molar-refractivity contribution in [2.75, 3.05) is 32.9 Å². The van der Waals surface area contributed by atoms with Crippen molar-refractivity contribution in [2.24, 2.45) is 0 Å². The fraction of sp³-hybridized carbons (Fsp3) is 0.750. The molecule has 0 aliphatic heterocycles. The zero-order valence-electron chi connectivity index (χ0n) is 16.9. The maximum absolute atomic E-state index is 12.2. The van der Waals surface area contributed by atoms with Gasteiger partial charge in [-0.15, -0.1) is 6.54 Å². The van der Waals surface area contributed by atoms with Gasteiger partial charge in [0.2, 0.25) is 23.6 Å². The van der Waals surface area contributed by atoms with E-state index in [0.717, 1.165) is 12.8 Å². The number of nitrogens with one attached hydrogen (secondary N) is 5. The molecule has 0 saturated heterocycles. The number of carbonyl (C=O) groups is 4. The Bertz CT molecular complexity index is 524. The van der Waals surface area contributed by atoms with E-state index in [1.807, 2.05) is 6.92 Å². The SMILES string of the molecule is CCCCNC(=O)[C@@H](CO)NC(=O)[C@@H](CO)NC(=O)[C@@H](CO)NC(=O)CC[NH-].[Rb+]. The predicted molar refractivity (Wildman–Crippen MR) is 98.8 cm³/mol. The van der Waals surface area contributed by atoms with Crippen molar-refractivity contribution >= 4 is 23.6 Å². The van der Waals surface area contributed by atoms with Crippen molar-refractivity contribution in [3.05, 3.63) is 5.73 Å². The fourth-order valence-corrected chi connectivity index (χ4v) is 2.02. The van der Waals surface area contributed by atoms with Gasteiger partial charge in [-0.3, -0.25) is 19.2 Å². The zero-order valence-corrected chi connectivity index (χ0v) is 21.8. The Morgan fingerprint density at radius 3 is 1.69 bits per heavy atom. The largest absolute Gasteiger partial charge is 1.00 e. The average molecular weight is 490 g/mol. The van der Waals surface area contributed by atoms with Gasteiger partial charge in [0.05, 0.1) is 19.8 Å². The predicted octanol–water partition coefficient (Wildman–Crippen LogP) is -6.22. The number of hydrogen-bond donors (Lipinski definition) is 7. The molecule has 3 atom stereocenters. The summed E-state index contributed by atoms with van der Waals surface area (Å²) >= 11 is 0. The molecular weight excluding hydrogens is 460 g/mol. The molecule has 0 saturated carbocycles. The van der Waals surface area contributed by atoms with E-state index in [4.69, 9.17) is 5.73 Å². The number of carbonyl (C=O) groups excluding carboxylic acids is 4. The summed E-state index contributed by atoms with van der Waals surface area (Å²) in [5.74, 6) is -3.08. The molecule has 0 unspecified atom stereocenters. The van der Waals surface area contributed by atoms with Crippen LogP contribution in [0.2, 0.25) is 0 Å². The van der Waals surface area contributed by atoms with Crippen molar-refractivity contribution in [1.82, 2.24) is 21.3 Å². The number of aliphatic hydroxyl groups is 3. The van der Waals surface area contributed by atoms with Crippen molar-refractivity contribution in [1.29, 1.82) is 0 Å². The van der Waals surface area contributed by atoms with Gasteiger partial charge in [-0.05, 0) is 6.42 Å². The second-order valence-corrected chi connectivity index (χ2v) is 5.93. The van der Waals surface area contributed by atoms with E-state index in [2.05, 4.69) is 21.3 Å². The number of unbranched alkanes of at least 4 members (excludes halogenated alkanes) is 1. The molecule has 0 spiro atoms. The molecule has 0 fully saturated rings. The Balaban J connectivity index is 0. The topological polar surface area (TPSA) is 201 Å². The van der Waals surface area contributed by atoms with Crippen LogP contribution in [-0.4, -0.2) is 90.0 Å². The van der Waals surface area contributed by atoms with Crippen LogP contribution in [0.3, 0.4) is 0 Å². The number of hydrogen-bond acceptors (Lipinski definition) is 7. The van der Waals surface area contributed by atoms with Crippen LogP contribution < -0.4 is 79.5 Å². The first-order valence-electron chi connectivity index (χ1n) is 8.99. The first-order valence-corrected chi connectivity index (χ1v) is 8.99. The van der Waals surface area contributed by atoms with Crippen LogP contribution in [0.4, 0.5) is 0 Å². The molecule has 8 N–H and O–H groups in total. The van der Waals surface area contributed by atoms with E-state index in [-0.39, 0.29) is 71.2 Å². The minimum absolute atomic E-state index is 0. The van der Waals surface area contributed by atoms with Crippen LogP contribution in [0.5, 0.6) is 0 Å². The van der Waals surface area contributed by atoms with Gasteiger partial charge in [0, 0.05) is 13.0 Å². The van der Waals surface area contributed by atoms with Gasteiger partial charge in [0.1, 0.15) is 18.1 Å². The molecule has 13 heteroatoms. The molecule has 0 rings (SSSR count). The second-order valence-electron chi connectivity index (χ2n) is 5.93. The summed E-state index contributed by atoms with van der Waals surface area (Å²) in [6, 6.07) is -4.10. The molecular formula is C16H30N5O7Rb. The van der Waals surface area contributed by atoms with Gasteiger partial charge >= 0.3 is 58.2 Å². The first kappa shape index (κ1) is 30.7. The van der Waals surface area contributed by atoms with Gasteiger partial charge in [0.15, 0.2) is 0 Å². The van der Waals surface area contributed by atoms with Crippen molar-refractivity contribution in [2.45, 2.75) is 44.3 Å². The summed E-state index contributed by atoms with van der Waals surface area (Å²) in [6.45, 7) is -0.145. The third-order valence-corrected chi connectivity index (χ3v) is 3.65. The Morgan fingerprint density at radius 1 is 0.828 bits per heavy atom. The summed E-state index contributed by atoms with van der Waals surface area (Å²) in [6.07, 6.45) is 1.40. The van der Waals surface area contributed by atoms with Gasteiger partial charge in [-0.1, -0.05) is 13.3 Å². The Kier molecular flexibility index (Phi) is 19.4. The van der Waals surface area contributed by atoms with Crippen LogP contribution >= 0.6 is 0 Å². The monoisotopic (exact) mass is 489 g/mol. The molecule has 29 heavy (non-hydrogen) atoms. The minimum atomic E-state index is -1.47. The standard InChI is InChI=1S/C16H30N5O7.Rb/c1-2-3-6-18-14(26)10(7-22)20-16(28)12(9-24)21-15(27)11(8-23)19-13(25)4-5-17;/h10-12,17,22-24H,2-9H2,1H3,(H,18,26)(H,19,25)(H,20,28)(H,21,27);/q-1;+1/t10-,11-,12-;/m1./s1. The zero-order chi connectivity index (χ0) is 21.5. The van der Waals surface area contributed by atoms with Gasteiger partial charge < -0.3 is 42.3 Å². The first-order chi connectivity index (χ1) is 13.3. The van der Waals surface area contributed by atoms with Gasteiger partial charge in [0.25, 0.3) is 0 Å². The second kappa shape index (κ2) is 18.3. The third kappa shape index (κ3) is 12.7. The van der Waals surface area contributed by atoms with E-state index in [0.29, 0.717) is 6.54 Å². The van der Waals surface area contributed by atoms with Crippen molar-refractivity contribution in [3.63, 3.8) is 0 Å². The Hall–Kier alpha value is -0.475. The normalized spacial score (nSPS) is 13.3. The molecule has 0 aromatic rings. The summed E-state index contributed by atoms with van der Waals surface area (Å²) in [5.41, 5.74) is 6.95. The molecule has 4 amide bonds. The quantitative estimate of drug-likeness (QED) is 0.118. The third-order valence-electron chi connectivity index (χ3n) is 3.65. The van der Waals surface area contributed by atoms with E-state index in [1.54, 1.807) is 0 Å². The van der Waals surface area contributed by atoms with Gasteiger partial charge in [-0.2, -0.15) is 0 Å². The van der Waals surface area contributed by atoms with Crippen LogP contribution in [0.1, 0.15) is 26.2 Å².